The summed E-state index contributed by atoms with van der Waals surface area (Å²) in [5.41, 5.74) is 2.36. The molecule has 1 saturated carbocycles. The molecule has 0 N–H and O–H groups in total. The summed E-state index contributed by atoms with van der Waals surface area (Å²) >= 11 is 1.90. The summed E-state index contributed by atoms with van der Waals surface area (Å²) < 4.78 is 1.70. The number of thioether (sulfide) groups is 1. The highest BCUT2D eigenvalue weighted by molar-refractivity contribution is 7.98. The topological polar surface area (TPSA) is 41.4 Å². The highest BCUT2D eigenvalue weighted by atomic mass is 32.2. The van der Waals surface area contributed by atoms with Crippen molar-refractivity contribution >= 4 is 11.8 Å². The van der Waals surface area contributed by atoms with Gasteiger partial charge < -0.3 is 4.90 Å². The molecule has 2 aliphatic heterocycles. The third-order valence-electron chi connectivity index (χ3n) is 6.24. The van der Waals surface area contributed by atoms with Gasteiger partial charge in [-0.1, -0.05) is 19.3 Å². The average Bonchev–Trinajstić information content (AvgIpc) is 2.68. The van der Waals surface area contributed by atoms with Gasteiger partial charge in [0.05, 0.1) is 12.2 Å². The highest BCUT2D eigenvalue weighted by Gasteiger charge is 2.21. The minimum absolute atomic E-state index is 0.0715. The zero-order chi connectivity index (χ0) is 17.8. The SMILES string of the molecule is O=c1cc2c(nn1CCN1CCN(CC3CCCCC3)CC1)CCSC2. The number of aromatic nitrogens is 2. The maximum absolute atomic E-state index is 12.3. The molecule has 144 valence electrons. The van der Waals surface area contributed by atoms with E-state index < -0.39 is 0 Å². The van der Waals surface area contributed by atoms with Gasteiger partial charge in [-0.2, -0.15) is 16.9 Å². The fourth-order valence-electron chi connectivity index (χ4n) is 4.58. The third-order valence-corrected chi connectivity index (χ3v) is 7.25. The maximum atomic E-state index is 12.3. The second-order valence-corrected chi connectivity index (χ2v) is 9.23. The zero-order valence-corrected chi connectivity index (χ0v) is 16.7. The van der Waals surface area contributed by atoms with Crippen LogP contribution in [0.5, 0.6) is 0 Å². The van der Waals surface area contributed by atoms with Crippen LogP contribution in [-0.4, -0.2) is 64.6 Å². The molecule has 0 amide bonds. The molecule has 0 spiro atoms. The molecular weight excluding hydrogens is 344 g/mol. The van der Waals surface area contributed by atoms with Crippen molar-refractivity contribution in [3.8, 4) is 0 Å². The van der Waals surface area contributed by atoms with Crippen molar-refractivity contribution in [1.82, 2.24) is 19.6 Å². The predicted molar refractivity (Wildman–Crippen MR) is 108 cm³/mol. The van der Waals surface area contributed by atoms with Crippen molar-refractivity contribution in [2.24, 2.45) is 5.92 Å². The Bertz CT molecular complexity index is 648. The molecule has 1 saturated heterocycles. The lowest BCUT2D eigenvalue weighted by Crippen LogP contribution is -2.49. The van der Waals surface area contributed by atoms with E-state index >= 15 is 0 Å². The Kier molecular flexibility index (Phi) is 6.33. The van der Waals surface area contributed by atoms with Gasteiger partial charge in [-0.25, -0.2) is 4.68 Å². The second kappa shape index (κ2) is 8.89. The van der Waals surface area contributed by atoms with Crippen LogP contribution in [0.25, 0.3) is 0 Å². The van der Waals surface area contributed by atoms with Crippen LogP contribution in [0.4, 0.5) is 0 Å². The monoisotopic (exact) mass is 376 g/mol. The van der Waals surface area contributed by atoms with Crippen molar-refractivity contribution in [2.75, 3.05) is 45.0 Å². The second-order valence-electron chi connectivity index (χ2n) is 8.13. The van der Waals surface area contributed by atoms with Gasteiger partial charge in [0.1, 0.15) is 0 Å². The molecule has 0 unspecified atom stereocenters. The Labute approximate surface area is 161 Å². The van der Waals surface area contributed by atoms with E-state index in [1.54, 1.807) is 4.68 Å². The van der Waals surface area contributed by atoms with Gasteiger partial charge in [0.2, 0.25) is 0 Å². The summed E-state index contributed by atoms with van der Waals surface area (Å²) in [6, 6.07) is 1.82. The van der Waals surface area contributed by atoms with E-state index in [9.17, 15) is 4.79 Å². The molecule has 1 aliphatic carbocycles. The lowest BCUT2D eigenvalue weighted by atomic mass is 9.89. The van der Waals surface area contributed by atoms with Crippen LogP contribution in [0.3, 0.4) is 0 Å². The van der Waals surface area contributed by atoms with E-state index in [2.05, 4.69) is 14.9 Å². The highest BCUT2D eigenvalue weighted by Crippen LogP contribution is 2.25. The normalized spacial score (nSPS) is 23.1. The minimum Gasteiger partial charge on any atom is -0.301 e. The van der Waals surface area contributed by atoms with Crippen LogP contribution in [0.1, 0.15) is 43.4 Å². The fourth-order valence-corrected chi connectivity index (χ4v) is 5.53. The lowest BCUT2D eigenvalue weighted by Gasteiger charge is -2.37. The van der Waals surface area contributed by atoms with E-state index in [4.69, 9.17) is 0 Å². The van der Waals surface area contributed by atoms with Gasteiger partial charge in [0.15, 0.2) is 0 Å². The zero-order valence-electron chi connectivity index (χ0n) is 15.9. The van der Waals surface area contributed by atoms with Crippen LogP contribution in [0.2, 0.25) is 0 Å². The standard InChI is InChI=1S/C20H32N4OS/c25-20-14-18-16-26-13-6-19(18)21-24(20)12-11-22-7-9-23(10-8-22)15-17-4-2-1-3-5-17/h14,17H,1-13,15-16H2. The largest absolute Gasteiger partial charge is 0.301 e. The molecule has 0 bridgehead atoms. The first kappa shape index (κ1) is 18.5. The average molecular weight is 377 g/mol. The summed E-state index contributed by atoms with van der Waals surface area (Å²) in [6.07, 6.45) is 8.19. The van der Waals surface area contributed by atoms with Crippen molar-refractivity contribution in [3.05, 3.63) is 27.7 Å². The fraction of sp³-hybridized carbons (Fsp3) is 0.800. The van der Waals surface area contributed by atoms with Crippen LogP contribution < -0.4 is 5.56 Å². The van der Waals surface area contributed by atoms with Crippen molar-refractivity contribution in [2.45, 2.75) is 50.8 Å². The smallest absolute Gasteiger partial charge is 0.267 e. The molecule has 0 aromatic carbocycles. The number of fused-ring (bicyclic) bond motifs is 1. The van der Waals surface area contributed by atoms with E-state index in [0.717, 1.165) is 61.3 Å². The molecule has 4 rings (SSSR count). The third kappa shape index (κ3) is 4.70. The molecule has 6 heteroatoms. The number of rotatable bonds is 5. The lowest BCUT2D eigenvalue weighted by molar-refractivity contribution is 0.106. The van der Waals surface area contributed by atoms with Crippen LogP contribution in [-0.2, 0) is 18.7 Å². The summed E-state index contributed by atoms with van der Waals surface area (Å²) in [5, 5.41) is 4.64. The molecule has 5 nitrogen and oxygen atoms in total. The first-order valence-corrected chi connectivity index (χ1v) is 11.6. The molecule has 1 aromatic heterocycles. The number of hydrogen-bond acceptors (Lipinski definition) is 5. The van der Waals surface area contributed by atoms with Gasteiger partial charge in [-0.15, -0.1) is 0 Å². The van der Waals surface area contributed by atoms with Gasteiger partial charge in [-0.3, -0.25) is 9.69 Å². The summed E-state index contributed by atoms with van der Waals surface area (Å²) in [6.45, 7) is 7.59. The molecule has 2 fully saturated rings. The Morgan fingerprint density at radius 3 is 2.62 bits per heavy atom. The summed E-state index contributed by atoms with van der Waals surface area (Å²) in [4.78, 5) is 17.5. The number of hydrogen-bond donors (Lipinski definition) is 0. The van der Waals surface area contributed by atoms with Crippen LogP contribution >= 0.6 is 11.8 Å². The Balaban J connectivity index is 1.24. The molecule has 0 atom stereocenters. The first-order chi connectivity index (χ1) is 12.8. The molecule has 1 aromatic rings. The van der Waals surface area contributed by atoms with Crippen molar-refractivity contribution in [1.29, 1.82) is 0 Å². The van der Waals surface area contributed by atoms with E-state index in [-0.39, 0.29) is 5.56 Å². The number of nitrogens with zero attached hydrogens (tertiary/aromatic N) is 4. The Hall–Kier alpha value is -0.850. The Morgan fingerprint density at radius 1 is 1.04 bits per heavy atom. The Morgan fingerprint density at radius 2 is 1.81 bits per heavy atom. The molecular formula is C20H32N4OS. The number of aryl methyl sites for hydroxylation is 1. The number of piperazine rings is 1. The van der Waals surface area contributed by atoms with Gasteiger partial charge in [0, 0.05) is 57.5 Å². The first-order valence-electron chi connectivity index (χ1n) is 10.4. The predicted octanol–water partition coefficient (Wildman–Crippen LogP) is 2.23. The van der Waals surface area contributed by atoms with Gasteiger partial charge >= 0.3 is 0 Å². The quantitative estimate of drug-likeness (QED) is 0.788. The molecule has 0 radical (unpaired) electrons. The summed E-state index contributed by atoms with van der Waals surface area (Å²) in [7, 11) is 0. The van der Waals surface area contributed by atoms with Gasteiger partial charge in [-0.05, 0) is 30.1 Å². The van der Waals surface area contributed by atoms with E-state index in [1.807, 2.05) is 17.8 Å². The van der Waals surface area contributed by atoms with Crippen LogP contribution in [0, 0.1) is 5.92 Å². The molecule has 3 aliphatic rings. The van der Waals surface area contributed by atoms with E-state index in [0.29, 0.717) is 0 Å². The maximum Gasteiger partial charge on any atom is 0.267 e. The van der Waals surface area contributed by atoms with E-state index in [1.165, 1.54) is 51.7 Å². The van der Waals surface area contributed by atoms with Gasteiger partial charge in [0.25, 0.3) is 5.56 Å². The summed E-state index contributed by atoms with van der Waals surface area (Å²) in [5.74, 6) is 3.01. The van der Waals surface area contributed by atoms with Crippen LogP contribution in [0.15, 0.2) is 10.9 Å². The minimum atomic E-state index is 0.0715. The van der Waals surface area contributed by atoms with Crippen molar-refractivity contribution in [3.63, 3.8) is 0 Å². The molecule has 26 heavy (non-hydrogen) atoms. The molecule has 3 heterocycles. The van der Waals surface area contributed by atoms with Crippen molar-refractivity contribution < 1.29 is 0 Å².